The van der Waals surface area contributed by atoms with Crippen LogP contribution in [0.5, 0.6) is 0 Å². The third-order valence-electron chi connectivity index (χ3n) is 1.98. The van der Waals surface area contributed by atoms with Crippen molar-refractivity contribution in [3.8, 4) is 0 Å². The van der Waals surface area contributed by atoms with Gasteiger partial charge in [0.1, 0.15) is 6.04 Å². The maximum atomic E-state index is 10.6. The summed E-state index contributed by atoms with van der Waals surface area (Å²) in [6.45, 7) is 0. The smallest absolute Gasteiger partial charge is 0.320 e. The van der Waals surface area contributed by atoms with Crippen LogP contribution in [0.1, 0.15) is 5.56 Å². The maximum Gasteiger partial charge on any atom is 0.320 e. The summed E-state index contributed by atoms with van der Waals surface area (Å²) in [6, 6.07) is 6.04. The van der Waals surface area contributed by atoms with Crippen LogP contribution >= 0.6 is 0 Å². The quantitative estimate of drug-likeness (QED) is 0.360. The molecule has 0 saturated heterocycles. The molecule has 1 aromatic rings. The predicted octanol–water partition coefficient (Wildman–Crippen LogP) is -0.0536. The van der Waals surface area contributed by atoms with E-state index in [0.29, 0.717) is 5.69 Å². The Bertz CT molecular complexity index is 406. The SMILES string of the molecule is N=C(N)Nc1cccc(C[C@H](N)C(=O)O)c1. The molecule has 0 aliphatic rings. The van der Waals surface area contributed by atoms with Gasteiger partial charge >= 0.3 is 5.97 Å². The maximum absolute atomic E-state index is 10.6. The van der Waals surface area contributed by atoms with Gasteiger partial charge in [0.2, 0.25) is 0 Å². The third kappa shape index (κ3) is 3.58. The van der Waals surface area contributed by atoms with Crippen LogP contribution in [0.15, 0.2) is 24.3 Å². The summed E-state index contributed by atoms with van der Waals surface area (Å²) in [7, 11) is 0. The molecule has 0 amide bonds. The van der Waals surface area contributed by atoms with Gasteiger partial charge in [-0.3, -0.25) is 10.2 Å². The fourth-order valence-corrected chi connectivity index (χ4v) is 1.27. The van der Waals surface area contributed by atoms with E-state index >= 15 is 0 Å². The molecule has 0 aromatic heterocycles. The first-order chi connectivity index (χ1) is 7.49. The number of rotatable bonds is 4. The van der Waals surface area contributed by atoms with Gasteiger partial charge in [-0.2, -0.15) is 0 Å². The average Bonchev–Trinajstić information content (AvgIpc) is 2.16. The molecule has 0 heterocycles. The van der Waals surface area contributed by atoms with Crippen molar-refractivity contribution in [3.05, 3.63) is 29.8 Å². The second kappa shape index (κ2) is 5.13. The van der Waals surface area contributed by atoms with Crippen molar-refractivity contribution in [1.29, 1.82) is 5.41 Å². The van der Waals surface area contributed by atoms with E-state index in [-0.39, 0.29) is 12.4 Å². The molecule has 0 unspecified atom stereocenters. The van der Waals surface area contributed by atoms with E-state index in [9.17, 15) is 4.79 Å². The van der Waals surface area contributed by atoms with Crippen LogP contribution in [0.25, 0.3) is 0 Å². The van der Waals surface area contributed by atoms with Crippen LogP contribution in [-0.4, -0.2) is 23.1 Å². The normalized spacial score (nSPS) is 11.8. The molecule has 1 aromatic carbocycles. The van der Waals surface area contributed by atoms with Crippen molar-refractivity contribution in [2.24, 2.45) is 11.5 Å². The Morgan fingerprint density at radius 1 is 1.56 bits per heavy atom. The Morgan fingerprint density at radius 3 is 2.81 bits per heavy atom. The summed E-state index contributed by atoms with van der Waals surface area (Å²) in [5.74, 6) is -1.20. The number of carboxylic acids is 1. The van der Waals surface area contributed by atoms with Crippen molar-refractivity contribution in [2.75, 3.05) is 5.32 Å². The van der Waals surface area contributed by atoms with E-state index < -0.39 is 12.0 Å². The zero-order valence-corrected chi connectivity index (χ0v) is 8.60. The second-order valence-electron chi connectivity index (χ2n) is 3.39. The summed E-state index contributed by atoms with van der Waals surface area (Å²) in [5, 5.41) is 18.3. The van der Waals surface area contributed by atoms with Crippen molar-refractivity contribution < 1.29 is 9.90 Å². The zero-order chi connectivity index (χ0) is 12.1. The van der Waals surface area contributed by atoms with E-state index in [1.54, 1.807) is 24.3 Å². The summed E-state index contributed by atoms with van der Waals surface area (Å²) in [6.07, 6.45) is 0.239. The highest BCUT2D eigenvalue weighted by molar-refractivity contribution is 5.89. The highest BCUT2D eigenvalue weighted by Gasteiger charge is 2.11. The van der Waals surface area contributed by atoms with Crippen LogP contribution in [0.2, 0.25) is 0 Å². The molecule has 0 aliphatic carbocycles. The first kappa shape index (κ1) is 12.0. The number of hydrogen-bond acceptors (Lipinski definition) is 3. The lowest BCUT2D eigenvalue weighted by molar-refractivity contribution is -0.138. The molecule has 0 bridgehead atoms. The molecule has 1 rings (SSSR count). The minimum absolute atomic E-state index is 0.167. The molecule has 0 saturated carbocycles. The van der Waals surface area contributed by atoms with E-state index in [1.807, 2.05) is 0 Å². The lowest BCUT2D eigenvalue weighted by Gasteiger charge is -2.09. The summed E-state index contributed by atoms with van der Waals surface area (Å²) < 4.78 is 0. The van der Waals surface area contributed by atoms with Gasteiger partial charge in [0, 0.05) is 5.69 Å². The number of guanidine groups is 1. The molecule has 0 spiro atoms. The Labute approximate surface area is 92.8 Å². The predicted molar refractivity (Wildman–Crippen MR) is 61.3 cm³/mol. The summed E-state index contributed by atoms with van der Waals surface area (Å²) in [4.78, 5) is 10.6. The molecule has 6 heteroatoms. The highest BCUT2D eigenvalue weighted by Crippen LogP contribution is 2.11. The van der Waals surface area contributed by atoms with Gasteiger partial charge in [0.25, 0.3) is 0 Å². The standard InChI is InChI=1S/C10H14N4O2/c11-8(9(15)16)5-6-2-1-3-7(4-6)14-10(12)13/h1-4,8H,5,11H2,(H,15,16)(H4,12,13,14)/t8-/m0/s1. The minimum atomic E-state index is -1.04. The molecule has 16 heavy (non-hydrogen) atoms. The average molecular weight is 222 g/mol. The van der Waals surface area contributed by atoms with Crippen LogP contribution in [-0.2, 0) is 11.2 Å². The van der Waals surface area contributed by atoms with Crippen molar-refractivity contribution >= 4 is 17.6 Å². The van der Waals surface area contributed by atoms with Gasteiger partial charge in [-0.15, -0.1) is 0 Å². The van der Waals surface area contributed by atoms with E-state index in [0.717, 1.165) is 5.56 Å². The molecule has 0 radical (unpaired) electrons. The molecule has 1 atom stereocenters. The number of aliphatic carboxylic acids is 1. The first-order valence-corrected chi connectivity index (χ1v) is 4.67. The van der Waals surface area contributed by atoms with Gasteiger partial charge in [-0.05, 0) is 24.1 Å². The van der Waals surface area contributed by atoms with Crippen molar-refractivity contribution in [3.63, 3.8) is 0 Å². The van der Waals surface area contributed by atoms with Gasteiger partial charge in [0.15, 0.2) is 5.96 Å². The van der Waals surface area contributed by atoms with Gasteiger partial charge in [-0.25, -0.2) is 0 Å². The number of carbonyl (C=O) groups is 1. The van der Waals surface area contributed by atoms with Crippen LogP contribution in [0.3, 0.4) is 0 Å². The number of carboxylic acid groups (broad SMARTS) is 1. The lowest BCUT2D eigenvalue weighted by Crippen LogP contribution is -2.32. The van der Waals surface area contributed by atoms with E-state index in [2.05, 4.69) is 5.32 Å². The first-order valence-electron chi connectivity index (χ1n) is 4.67. The second-order valence-corrected chi connectivity index (χ2v) is 3.39. The summed E-state index contributed by atoms with van der Waals surface area (Å²) >= 11 is 0. The molecule has 6 nitrogen and oxygen atoms in total. The largest absolute Gasteiger partial charge is 0.480 e. The number of anilines is 1. The Balaban J connectivity index is 2.74. The number of nitrogens with two attached hydrogens (primary N) is 2. The molecule has 7 N–H and O–H groups in total. The number of hydrogen-bond donors (Lipinski definition) is 5. The van der Waals surface area contributed by atoms with Crippen LogP contribution in [0.4, 0.5) is 5.69 Å². The van der Waals surface area contributed by atoms with Gasteiger partial charge < -0.3 is 21.9 Å². The lowest BCUT2D eigenvalue weighted by atomic mass is 10.1. The molecular formula is C10H14N4O2. The Morgan fingerprint density at radius 2 is 2.25 bits per heavy atom. The molecule has 0 fully saturated rings. The summed E-state index contributed by atoms with van der Waals surface area (Å²) in [5.41, 5.74) is 12.0. The van der Waals surface area contributed by atoms with Crippen molar-refractivity contribution in [2.45, 2.75) is 12.5 Å². The van der Waals surface area contributed by atoms with E-state index in [4.69, 9.17) is 22.0 Å². The fraction of sp³-hybridized carbons (Fsp3) is 0.200. The molecule has 86 valence electrons. The van der Waals surface area contributed by atoms with Crippen molar-refractivity contribution in [1.82, 2.24) is 0 Å². The highest BCUT2D eigenvalue weighted by atomic mass is 16.4. The Hall–Kier alpha value is -2.08. The zero-order valence-electron chi connectivity index (χ0n) is 8.60. The number of nitrogens with one attached hydrogen (secondary N) is 2. The van der Waals surface area contributed by atoms with Crippen LogP contribution < -0.4 is 16.8 Å². The Kier molecular flexibility index (Phi) is 3.84. The third-order valence-corrected chi connectivity index (χ3v) is 1.98. The minimum Gasteiger partial charge on any atom is -0.480 e. The molecular weight excluding hydrogens is 208 g/mol. The number of benzene rings is 1. The monoisotopic (exact) mass is 222 g/mol. The van der Waals surface area contributed by atoms with Gasteiger partial charge in [0.05, 0.1) is 0 Å². The topological polar surface area (TPSA) is 125 Å². The molecule has 0 aliphatic heterocycles. The van der Waals surface area contributed by atoms with E-state index in [1.165, 1.54) is 0 Å². The fourth-order valence-electron chi connectivity index (χ4n) is 1.27. The van der Waals surface area contributed by atoms with Crippen LogP contribution in [0, 0.1) is 5.41 Å². The van der Waals surface area contributed by atoms with Gasteiger partial charge in [-0.1, -0.05) is 12.1 Å².